The van der Waals surface area contributed by atoms with Crippen molar-refractivity contribution in [3.8, 4) is 11.5 Å². The van der Waals surface area contributed by atoms with Crippen molar-refractivity contribution in [2.75, 3.05) is 26.5 Å². The molecule has 0 N–H and O–H groups in total. The number of ether oxygens (including phenoxy) is 2. The largest absolute Gasteiger partial charge is 0.497 e. The Balaban J connectivity index is 1.90. The van der Waals surface area contributed by atoms with Crippen molar-refractivity contribution in [2.45, 2.75) is 10.3 Å². The van der Waals surface area contributed by atoms with Crippen LogP contribution in [0, 0.1) is 0 Å². The van der Waals surface area contributed by atoms with Crippen LogP contribution in [0.3, 0.4) is 0 Å². The summed E-state index contributed by atoms with van der Waals surface area (Å²) >= 11 is 1.63. The highest BCUT2D eigenvalue weighted by Crippen LogP contribution is 2.41. The highest BCUT2D eigenvalue weighted by atomic mass is 32.2. The lowest BCUT2D eigenvalue weighted by atomic mass is 10.2. The predicted molar refractivity (Wildman–Crippen MR) is 95.1 cm³/mol. The maximum Gasteiger partial charge on any atom is 0.244 e. The average Bonchev–Trinajstić information content (AvgIpc) is 3.12. The Kier molecular flexibility index (Phi) is 5.03. The van der Waals surface area contributed by atoms with E-state index in [4.69, 9.17) is 9.47 Å². The van der Waals surface area contributed by atoms with Crippen molar-refractivity contribution in [3.63, 3.8) is 0 Å². The fourth-order valence-corrected chi connectivity index (χ4v) is 5.86. The summed E-state index contributed by atoms with van der Waals surface area (Å²) < 4.78 is 37.8. The van der Waals surface area contributed by atoms with Gasteiger partial charge < -0.3 is 9.47 Å². The second-order valence-corrected chi connectivity index (χ2v) is 8.37. The molecule has 1 aliphatic rings. The number of thioether (sulfide) groups is 1. The van der Waals surface area contributed by atoms with Crippen LogP contribution in [0.15, 0.2) is 53.4 Å². The van der Waals surface area contributed by atoms with Gasteiger partial charge in [0.25, 0.3) is 0 Å². The topological polar surface area (TPSA) is 55.8 Å². The lowest BCUT2D eigenvalue weighted by Crippen LogP contribution is -2.30. The van der Waals surface area contributed by atoms with E-state index in [2.05, 4.69) is 0 Å². The third-order valence-electron chi connectivity index (χ3n) is 3.92. The Bertz CT molecular complexity index is 788. The first-order chi connectivity index (χ1) is 11.6. The van der Waals surface area contributed by atoms with Crippen LogP contribution < -0.4 is 9.47 Å². The molecule has 0 radical (unpaired) electrons. The smallest absolute Gasteiger partial charge is 0.244 e. The quantitative estimate of drug-likeness (QED) is 0.815. The Morgan fingerprint density at radius 2 is 1.50 bits per heavy atom. The number of hydrogen-bond acceptors (Lipinski definition) is 5. The zero-order valence-electron chi connectivity index (χ0n) is 13.5. The van der Waals surface area contributed by atoms with Gasteiger partial charge in [-0.25, -0.2) is 8.42 Å². The molecule has 2 aromatic rings. The van der Waals surface area contributed by atoms with Gasteiger partial charge in [-0.05, 0) is 42.0 Å². The fourth-order valence-electron chi connectivity index (χ4n) is 2.62. The van der Waals surface area contributed by atoms with E-state index in [0.29, 0.717) is 12.3 Å². The molecule has 1 saturated heterocycles. The molecule has 128 valence electrons. The van der Waals surface area contributed by atoms with Gasteiger partial charge in [-0.2, -0.15) is 4.31 Å². The molecule has 0 saturated carbocycles. The van der Waals surface area contributed by atoms with E-state index < -0.39 is 10.0 Å². The fraction of sp³-hybridized carbons (Fsp3) is 0.294. The second-order valence-electron chi connectivity index (χ2n) is 5.29. The van der Waals surface area contributed by atoms with Crippen LogP contribution in [0.5, 0.6) is 11.5 Å². The number of nitrogens with zero attached hydrogens (tertiary/aromatic N) is 1. The summed E-state index contributed by atoms with van der Waals surface area (Å²) in [5.41, 5.74) is 0.954. The van der Waals surface area contributed by atoms with Crippen LogP contribution in [0.2, 0.25) is 0 Å². The summed E-state index contributed by atoms with van der Waals surface area (Å²) in [7, 11) is -0.384. The van der Waals surface area contributed by atoms with Crippen LogP contribution >= 0.6 is 11.8 Å². The molecule has 0 bridgehead atoms. The molecule has 0 unspecified atom stereocenters. The molecule has 1 fully saturated rings. The molecule has 3 rings (SSSR count). The van der Waals surface area contributed by atoms with E-state index in [9.17, 15) is 8.42 Å². The number of hydrogen-bond donors (Lipinski definition) is 0. The minimum absolute atomic E-state index is 0.219. The molecule has 5 nitrogen and oxygen atoms in total. The SMILES string of the molecule is COc1ccc([C@@H]2SCCN2S(=O)(=O)c2ccc(OC)cc2)cc1. The van der Waals surface area contributed by atoms with Crippen molar-refractivity contribution >= 4 is 21.8 Å². The highest BCUT2D eigenvalue weighted by Gasteiger charge is 2.36. The molecule has 0 amide bonds. The van der Waals surface area contributed by atoms with E-state index in [1.807, 2.05) is 24.3 Å². The molecular formula is C17H19NO4S2. The van der Waals surface area contributed by atoms with Gasteiger partial charge in [0, 0.05) is 12.3 Å². The zero-order chi connectivity index (χ0) is 17.2. The molecule has 2 aromatic carbocycles. The molecule has 7 heteroatoms. The molecule has 1 aliphatic heterocycles. The van der Waals surface area contributed by atoms with Crippen molar-refractivity contribution in [1.29, 1.82) is 0 Å². The summed E-state index contributed by atoms with van der Waals surface area (Å²) in [6, 6.07) is 14.0. The van der Waals surface area contributed by atoms with Crippen molar-refractivity contribution in [2.24, 2.45) is 0 Å². The molecule has 0 aromatic heterocycles. The Labute approximate surface area is 146 Å². The number of benzene rings is 2. The summed E-state index contributed by atoms with van der Waals surface area (Å²) in [5.74, 6) is 2.16. The highest BCUT2D eigenvalue weighted by molar-refractivity contribution is 8.01. The maximum atomic E-state index is 13.0. The molecule has 0 aliphatic carbocycles. The molecule has 0 spiro atoms. The normalized spacial score (nSPS) is 18.5. The maximum absolute atomic E-state index is 13.0. The minimum atomic E-state index is -3.55. The van der Waals surface area contributed by atoms with Crippen molar-refractivity contribution < 1.29 is 17.9 Å². The van der Waals surface area contributed by atoms with E-state index in [1.54, 1.807) is 54.6 Å². The number of methoxy groups -OCH3 is 2. The third-order valence-corrected chi connectivity index (χ3v) is 7.19. The third kappa shape index (κ3) is 3.24. The lowest BCUT2D eigenvalue weighted by Gasteiger charge is -2.23. The van der Waals surface area contributed by atoms with Crippen LogP contribution in [-0.4, -0.2) is 39.2 Å². The Morgan fingerprint density at radius 3 is 2.04 bits per heavy atom. The van der Waals surface area contributed by atoms with E-state index in [1.165, 1.54) is 0 Å². The first kappa shape index (κ1) is 17.1. The van der Waals surface area contributed by atoms with Crippen LogP contribution in [0.25, 0.3) is 0 Å². The first-order valence-corrected chi connectivity index (χ1v) is 9.96. The molecule has 24 heavy (non-hydrogen) atoms. The summed E-state index contributed by atoms with van der Waals surface area (Å²) in [4.78, 5) is 0.282. The van der Waals surface area contributed by atoms with Gasteiger partial charge in [-0.3, -0.25) is 0 Å². The van der Waals surface area contributed by atoms with Crippen LogP contribution in [0.4, 0.5) is 0 Å². The monoisotopic (exact) mass is 365 g/mol. The van der Waals surface area contributed by atoms with E-state index in [0.717, 1.165) is 17.1 Å². The summed E-state index contributed by atoms with van der Waals surface area (Å²) in [6.45, 7) is 0.496. The van der Waals surface area contributed by atoms with Gasteiger partial charge in [-0.1, -0.05) is 12.1 Å². The average molecular weight is 365 g/mol. The number of sulfonamides is 1. The Hall–Kier alpha value is -1.70. The van der Waals surface area contributed by atoms with Crippen molar-refractivity contribution in [1.82, 2.24) is 4.31 Å². The first-order valence-electron chi connectivity index (χ1n) is 7.47. The van der Waals surface area contributed by atoms with Gasteiger partial charge in [-0.15, -0.1) is 11.8 Å². The Morgan fingerprint density at radius 1 is 0.958 bits per heavy atom. The van der Waals surface area contributed by atoms with Crippen LogP contribution in [-0.2, 0) is 10.0 Å². The van der Waals surface area contributed by atoms with Gasteiger partial charge in [0.2, 0.25) is 10.0 Å². The van der Waals surface area contributed by atoms with Gasteiger partial charge in [0.05, 0.1) is 24.5 Å². The molecular weight excluding hydrogens is 346 g/mol. The van der Waals surface area contributed by atoms with E-state index >= 15 is 0 Å². The minimum Gasteiger partial charge on any atom is -0.497 e. The predicted octanol–water partition coefficient (Wildman–Crippen LogP) is 3.14. The number of rotatable bonds is 5. The second kappa shape index (κ2) is 7.04. The standard InChI is InChI=1S/C17H19NO4S2/c1-21-14-5-3-13(4-6-14)17-18(11-12-23-17)24(19,20)16-9-7-15(22-2)8-10-16/h3-10,17H,11-12H2,1-2H3/t17-/m0/s1. The van der Waals surface area contributed by atoms with Gasteiger partial charge >= 0.3 is 0 Å². The lowest BCUT2D eigenvalue weighted by molar-refractivity contribution is 0.412. The van der Waals surface area contributed by atoms with E-state index in [-0.39, 0.29) is 10.3 Å². The molecule has 1 heterocycles. The zero-order valence-corrected chi connectivity index (χ0v) is 15.1. The van der Waals surface area contributed by atoms with Crippen molar-refractivity contribution in [3.05, 3.63) is 54.1 Å². The van der Waals surface area contributed by atoms with Gasteiger partial charge in [0.1, 0.15) is 11.5 Å². The molecule has 1 atom stereocenters. The summed E-state index contributed by atoms with van der Waals surface area (Å²) in [6.07, 6.45) is 0. The summed E-state index contributed by atoms with van der Waals surface area (Å²) in [5, 5.41) is -0.219. The van der Waals surface area contributed by atoms with Gasteiger partial charge in [0.15, 0.2) is 0 Å². The van der Waals surface area contributed by atoms with Crippen LogP contribution in [0.1, 0.15) is 10.9 Å².